The van der Waals surface area contributed by atoms with Crippen LogP contribution in [0.5, 0.6) is 0 Å². The van der Waals surface area contributed by atoms with Crippen molar-refractivity contribution in [2.24, 2.45) is 0 Å². The molecule has 0 unspecified atom stereocenters. The van der Waals surface area contributed by atoms with Crippen LogP contribution in [-0.4, -0.2) is 18.1 Å². The van der Waals surface area contributed by atoms with Crippen LogP contribution in [0.1, 0.15) is 12.0 Å². The van der Waals surface area contributed by atoms with Gasteiger partial charge in [-0.05, 0) is 53.6 Å². The summed E-state index contributed by atoms with van der Waals surface area (Å²) >= 11 is 1.75. The van der Waals surface area contributed by atoms with Gasteiger partial charge in [0.1, 0.15) is 5.82 Å². The van der Waals surface area contributed by atoms with Crippen molar-refractivity contribution in [2.75, 3.05) is 18.4 Å². The smallest absolute Gasteiger partial charge is 0.126 e. The zero-order valence-electron chi connectivity index (χ0n) is 11.9. The first-order chi connectivity index (χ1) is 10.4. The Balaban J connectivity index is 1.40. The van der Waals surface area contributed by atoms with Crippen molar-refractivity contribution in [3.05, 3.63) is 58.8 Å². The van der Waals surface area contributed by atoms with Gasteiger partial charge < -0.3 is 10.6 Å². The van der Waals surface area contributed by atoms with E-state index >= 15 is 0 Å². The first-order valence-corrected chi connectivity index (χ1v) is 8.17. The topological polar surface area (TPSA) is 37.0 Å². The quantitative estimate of drug-likeness (QED) is 0.650. The maximum atomic E-state index is 4.60. The molecule has 3 rings (SSSR count). The molecule has 0 aliphatic heterocycles. The number of benzene rings is 1. The van der Waals surface area contributed by atoms with Gasteiger partial charge in [-0.3, -0.25) is 0 Å². The number of thiophene rings is 1. The van der Waals surface area contributed by atoms with E-state index in [2.05, 4.69) is 44.6 Å². The summed E-state index contributed by atoms with van der Waals surface area (Å²) in [4.78, 5) is 4.60. The lowest BCUT2D eigenvalue weighted by Crippen LogP contribution is -2.17. The van der Waals surface area contributed by atoms with Crippen LogP contribution >= 0.6 is 11.3 Å². The van der Waals surface area contributed by atoms with E-state index in [0.29, 0.717) is 0 Å². The molecule has 0 aliphatic carbocycles. The predicted molar refractivity (Wildman–Crippen MR) is 90.9 cm³/mol. The van der Waals surface area contributed by atoms with Gasteiger partial charge in [0.2, 0.25) is 0 Å². The van der Waals surface area contributed by atoms with Crippen LogP contribution < -0.4 is 10.6 Å². The number of fused-ring (bicyclic) bond motifs is 1. The van der Waals surface area contributed by atoms with Gasteiger partial charge >= 0.3 is 0 Å². The molecule has 2 heterocycles. The SMILES string of the molecule is c1ccc2nc(NCCCNCc3ccsc3)ccc2c1. The molecular formula is C17H19N3S. The fourth-order valence-electron chi connectivity index (χ4n) is 2.22. The van der Waals surface area contributed by atoms with Crippen molar-refractivity contribution in [3.63, 3.8) is 0 Å². The molecule has 4 heteroatoms. The number of aromatic nitrogens is 1. The zero-order valence-corrected chi connectivity index (χ0v) is 12.7. The molecule has 0 spiro atoms. The molecule has 1 aromatic carbocycles. The lowest BCUT2D eigenvalue weighted by atomic mass is 10.2. The van der Waals surface area contributed by atoms with Crippen LogP contribution in [0, 0.1) is 0 Å². The minimum absolute atomic E-state index is 0.933. The van der Waals surface area contributed by atoms with E-state index in [1.165, 1.54) is 10.9 Å². The summed E-state index contributed by atoms with van der Waals surface area (Å²) in [6, 6.07) is 14.5. The maximum absolute atomic E-state index is 4.60. The lowest BCUT2D eigenvalue weighted by Gasteiger charge is -2.07. The normalized spacial score (nSPS) is 10.9. The van der Waals surface area contributed by atoms with Crippen molar-refractivity contribution in [1.29, 1.82) is 0 Å². The summed E-state index contributed by atoms with van der Waals surface area (Å²) in [7, 11) is 0. The Morgan fingerprint density at radius 3 is 2.86 bits per heavy atom. The number of anilines is 1. The summed E-state index contributed by atoms with van der Waals surface area (Å²) in [6.45, 7) is 2.90. The van der Waals surface area contributed by atoms with Crippen LogP contribution in [0.25, 0.3) is 10.9 Å². The van der Waals surface area contributed by atoms with E-state index in [0.717, 1.165) is 37.4 Å². The van der Waals surface area contributed by atoms with Crippen LogP contribution in [-0.2, 0) is 6.54 Å². The molecule has 3 aromatic rings. The monoisotopic (exact) mass is 297 g/mol. The van der Waals surface area contributed by atoms with E-state index in [9.17, 15) is 0 Å². The van der Waals surface area contributed by atoms with Gasteiger partial charge in [0.05, 0.1) is 5.52 Å². The van der Waals surface area contributed by atoms with E-state index < -0.39 is 0 Å². The Labute approximate surface area is 129 Å². The first-order valence-electron chi connectivity index (χ1n) is 7.23. The second-order valence-corrected chi connectivity index (χ2v) is 5.76. The van der Waals surface area contributed by atoms with Crippen LogP contribution in [0.3, 0.4) is 0 Å². The number of nitrogens with zero attached hydrogens (tertiary/aromatic N) is 1. The second-order valence-electron chi connectivity index (χ2n) is 4.98. The molecule has 3 nitrogen and oxygen atoms in total. The number of hydrogen-bond donors (Lipinski definition) is 2. The van der Waals surface area contributed by atoms with E-state index in [-0.39, 0.29) is 0 Å². The van der Waals surface area contributed by atoms with Gasteiger partial charge in [-0.1, -0.05) is 18.2 Å². The highest BCUT2D eigenvalue weighted by atomic mass is 32.1. The standard InChI is InChI=1S/C17H19N3S/c1-2-5-16-15(4-1)6-7-17(20-16)19-10-3-9-18-12-14-8-11-21-13-14/h1-2,4-8,11,13,18H,3,9-10,12H2,(H,19,20). The molecular weight excluding hydrogens is 278 g/mol. The van der Waals surface area contributed by atoms with Gasteiger partial charge in [0.25, 0.3) is 0 Å². The third kappa shape index (κ3) is 4.03. The van der Waals surface area contributed by atoms with Gasteiger partial charge in [0.15, 0.2) is 0 Å². The summed E-state index contributed by atoms with van der Waals surface area (Å²) in [5.41, 5.74) is 2.40. The molecule has 2 aromatic heterocycles. The molecule has 0 radical (unpaired) electrons. The van der Waals surface area contributed by atoms with Crippen LogP contribution in [0.4, 0.5) is 5.82 Å². The van der Waals surface area contributed by atoms with Crippen LogP contribution in [0.15, 0.2) is 53.2 Å². The molecule has 0 saturated carbocycles. The highest BCUT2D eigenvalue weighted by Gasteiger charge is 1.97. The molecule has 21 heavy (non-hydrogen) atoms. The Bertz CT molecular complexity index is 679. The van der Waals surface area contributed by atoms with Crippen LogP contribution in [0.2, 0.25) is 0 Å². The average molecular weight is 297 g/mol. The maximum Gasteiger partial charge on any atom is 0.126 e. The van der Waals surface area contributed by atoms with Crippen molar-refractivity contribution < 1.29 is 0 Å². The molecule has 0 aliphatic rings. The largest absolute Gasteiger partial charge is 0.370 e. The molecule has 0 atom stereocenters. The lowest BCUT2D eigenvalue weighted by molar-refractivity contribution is 0.664. The fraction of sp³-hybridized carbons (Fsp3) is 0.235. The summed E-state index contributed by atoms with van der Waals surface area (Å²) in [5.74, 6) is 0.950. The summed E-state index contributed by atoms with van der Waals surface area (Å²) in [5, 5.41) is 12.3. The minimum atomic E-state index is 0.933. The van der Waals surface area contributed by atoms with E-state index in [1.54, 1.807) is 11.3 Å². The zero-order chi connectivity index (χ0) is 14.3. The Kier molecular flexibility index (Phi) is 4.82. The van der Waals surface area contributed by atoms with Crippen molar-refractivity contribution >= 4 is 28.1 Å². The molecule has 0 amide bonds. The van der Waals surface area contributed by atoms with Crippen molar-refractivity contribution in [2.45, 2.75) is 13.0 Å². The summed E-state index contributed by atoms with van der Waals surface area (Å²) < 4.78 is 0. The van der Waals surface area contributed by atoms with E-state index in [4.69, 9.17) is 0 Å². The van der Waals surface area contributed by atoms with Gasteiger partial charge in [-0.15, -0.1) is 0 Å². The molecule has 0 fully saturated rings. The Morgan fingerprint density at radius 1 is 1.00 bits per heavy atom. The second kappa shape index (κ2) is 7.20. The minimum Gasteiger partial charge on any atom is -0.370 e. The highest BCUT2D eigenvalue weighted by molar-refractivity contribution is 7.07. The highest BCUT2D eigenvalue weighted by Crippen LogP contribution is 2.14. The first kappa shape index (κ1) is 14.0. The summed E-state index contributed by atoms with van der Waals surface area (Å²) in [6.07, 6.45) is 1.08. The molecule has 2 N–H and O–H groups in total. The predicted octanol–water partition coefficient (Wildman–Crippen LogP) is 3.89. The number of pyridine rings is 1. The van der Waals surface area contributed by atoms with Crippen molar-refractivity contribution in [3.8, 4) is 0 Å². The molecule has 0 bridgehead atoms. The Hall–Kier alpha value is -1.91. The molecule has 0 saturated heterocycles. The van der Waals surface area contributed by atoms with Crippen molar-refractivity contribution in [1.82, 2.24) is 10.3 Å². The average Bonchev–Trinajstić information content (AvgIpc) is 3.04. The number of rotatable bonds is 7. The van der Waals surface area contributed by atoms with Gasteiger partial charge in [-0.25, -0.2) is 4.98 Å². The third-order valence-electron chi connectivity index (χ3n) is 3.34. The fourth-order valence-corrected chi connectivity index (χ4v) is 2.89. The van der Waals surface area contributed by atoms with Gasteiger partial charge in [-0.2, -0.15) is 11.3 Å². The van der Waals surface area contributed by atoms with E-state index in [1.807, 2.05) is 24.3 Å². The number of nitrogens with one attached hydrogen (secondary N) is 2. The number of hydrogen-bond acceptors (Lipinski definition) is 4. The van der Waals surface area contributed by atoms with Gasteiger partial charge in [0, 0.05) is 18.5 Å². The number of para-hydroxylation sites is 1. The molecule has 108 valence electrons. The Morgan fingerprint density at radius 2 is 1.95 bits per heavy atom. The third-order valence-corrected chi connectivity index (χ3v) is 4.08.